The lowest BCUT2D eigenvalue weighted by molar-refractivity contribution is -0.153. The molecule has 1 atom stereocenters. The molecule has 0 aliphatic heterocycles. The molecule has 0 radical (unpaired) electrons. The fourth-order valence-electron chi connectivity index (χ4n) is 1.32. The van der Waals surface area contributed by atoms with Crippen LogP contribution in [0.15, 0.2) is 18.3 Å². The molecule has 0 amide bonds. The van der Waals surface area contributed by atoms with Gasteiger partial charge in [0.2, 0.25) is 5.95 Å². The van der Waals surface area contributed by atoms with Crippen molar-refractivity contribution in [2.75, 3.05) is 7.11 Å². The predicted molar refractivity (Wildman–Crippen MR) is 55.2 cm³/mol. The summed E-state index contributed by atoms with van der Waals surface area (Å²) in [5.41, 5.74) is -0.319. The molecular formula is C11H14FNO3. The van der Waals surface area contributed by atoms with Crippen molar-refractivity contribution < 1.29 is 19.0 Å². The quantitative estimate of drug-likeness (QED) is 0.619. The Balaban J connectivity index is 3.01. The first-order valence-electron chi connectivity index (χ1n) is 4.77. The molecule has 0 aliphatic rings. The largest absolute Gasteiger partial charge is 0.467 e. The number of hydrogen-bond acceptors (Lipinski definition) is 4. The van der Waals surface area contributed by atoms with Gasteiger partial charge < -0.3 is 9.84 Å². The maximum Gasteiger partial charge on any atom is 0.335 e. The Labute approximate surface area is 93.1 Å². The molecule has 1 aromatic heterocycles. The van der Waals surface area contributed by atoms with Gasteiger partial charge in [-0.3, -0.25) is 0 Å². The van der Waals surface area contributed by atoms with E-state index in [4.69, 9.17) is 0 Å². The molecule has 1 aromatic rings. The van der Waals surface area contributed by atoms with Crippen LogP contribution in [0.25, 0.3) is 0 Å². The summed E-state index contributed by atoms with van der Waals surface area (Å²) in [7, 11) is 1.20. The summed E-state index contributed by atoms with van der Waals surface area (Å²) in [6.45, 7) is 3.31. The molecule has 5 heteroatoms. The second-order valence-corrected chi connectivity index (χ2v) is 4.02. The summed E-state index contributed by atoms with van der Waals surface area (Å²) in [6.07, 6.45) is -0.0219. The van der Waals surface area contributed by atoms with E-state index in [0.29, 0.717) is 5.56 Å². The van der Waals surface area contributed by atoms with Crippen molar-refractivity contribution in [3.8, 4) is 0 Å². The third kappa shape index (κ3) is 2.36. The van der Waals surface area contributed by atoms with Gasteiger partial charge in [-0.2, -0.15) is 4.39 Å². The Kier molecular flexibility index (Phi) is 3.59. The molecule has 0 saturated heterocycles. The van der Waals surface area contributed by atoms with Gasteiger partial charge in [0.25, 0.3) is 0 Å². The van der Waals surface area contributed by atoms with Crippen LogP contribution in [0, 0.1) is 5.95 Å². The van der Waals surface area contributed by atoms with Gasteiger partial charge in [0.1, 0.15) is 0 Å². The molecule has 1 heterocycles. The second kappa shape index (κ2) is 4.57. The van der Waals surface area contributed by atoms with E-state index in [9.17, 15) is 14.3 Å². The van der Waals surface area contributed by atoms with Crippen molar-refractivity contribution in [1.29, 1.82) is 0 Å². The van der Waals surface area contributed by atoms with Crippen molar-refractivity contribution in [2.45, 2.75) is 25.4 Å². The van der Waals surface area contributed by atoms with Gasteiger partial charge in [-0.05, 0) is 11.6 Å². The molecule has 1 unspecified atom stereocenters. The lowest BCUT2D eigenvalue weighted by Gasteiger charge is -2.28. The van der Waals surface area contributed by atoms with Gasteiger partial charge in [-0.15, -0.1) is 0 Å². The molecule has 0 saturated carbocycles. The first kappa shape index (κ1) is 12.6. The number of ether oxygens (including phenoxy) is 1. The summed E-state index contributed by atoms with van der Waals surface area (Å²) in [5, 5.41) is 9.77. The van der Waals surface area contributed by atoms with Gasteiger partial charge in [0.05, 0.1) is 7.11 Å². The molecule has 88 valence electrons. The van der Waals surface area contributed by atoms with E-state index >= 15 is 0 Å². The first-order chi connectivity index (χ1) is 7.39. The van der Waals surface area contributed by atoms with Crippen molar-refractivity contribution in [3.63, 3.8) is 0 Å². The van der Waals surface area contributed by atoms with Crippen LogP contribution in [0.3, 0.4) is 0 Å². The maximum absolute atomic E-state index is 12.6. The first-order valence-corrected chi connectivity index (χ1v) is 4.77. The molecule has 0 aliphatic carbocycles. The number of methoxy groups -OCH3 is 1. The SMILES string of the molecule is COC(=O)C(O)C(C)(C)c1ccc(F)nc1. The molecule has 1 N–H and O–H groups in total. The third-order valence-corrected chi connectivity index (χ3v) is 2.58. The van der Waals surface area contributed by atoms with Crippen LogP contribution in [0.2, 0.25) is 0 Å². The summed E-state index contributed by atoms with van der Waals surface area (Å²) >= 11 is 0. The summed E-state index contributed by atoms with van der Waals surface area (Å²) < 4.78 is 17.1. The lowest BCUT2D eigenvalue weighted by atomic mass is 9.80. The van der Waals surface area contributed by atoms with Crippen LogP contribution in [-0.4, -0.2) is 29.3 Å². The minimum atomic E-state index is -1.32. The van der Waals surface area contributed by atoms with Crippen LogP contribution in [0.5, 0.6) is 0 Å². The standard InChI is InChI=1S/C11H14FNO3/c1-11(2,9(14)10(15)16-3)7-4-5-8(12)13-6-7/h4-6,9,14H,1-3H3. The number of carbonyl (C=O) groups is 1. The average molecular weight is 227 g/mol. The fraction of sp³-hybridized carbons (Fsp3) is 0.455. The molecule has 0 spiro atoms. The monoisotopic (exact) mass is 227 g/mol. The molecule has 16 heavy (non-hydrogen) atoms. The van der Waals surface area contributed by atoms with E-state index in [1.807, 2.05) is 0 Å². The Bertz CT molecular complexity index is 375. The smallest absolute Gasteiger partial charge is 0.335 e. The van der Waals surface area contributed by atoms with Gasteiger partial charge in [0.15, 0.2) is 6.10 Å². The highest BCUT2D eigenvalue weighted by Crippen LogP contribution is 2.27. The van der Waals surface area contributed by atoms with Gasteiger partial charge >= 0.3 is 5.97 Å². The fourth-order valence-corrected chi connectivity index (χ4v) is 1.32. The normalized spacial score (nSPS) is 13.3. The number of esters is 1. The zero-order valence-corrected chi connectivity index (χ0v) is 9.40. The lowest BCUT2D eigenvalue weighted by Crippen LogP contribution is -2.40. The average Bonchev–Trinajstić information content (AvgIpc) is 2.27. The zero-order chi connectivity index (χ0) is 12.3. The molecular weight excluding hydrogens is 213 g/mol. The summed E-state index contributed by atoms with van der Waals surface area (Å²) in [5.74, 6) is -1.33. The van der Waals surface area contributed by atoms with E-state index in [1.165, 1.54) is 25.4 Å². The number of pyridine rings is 1. The Morgan fingerprint density at radius 1 is 1.56 bits per heavy atom. The van der Waals surface area contributed by atoms with E-state index < -0.39 is 23.4 Å². The van der Waals surface area contributed by atoms with Crippen LogP contribution in [0.4, 0.5) is 4.39 Å². The van der Waals surface area contributed by atoms with Crippen LogP contribution < -0.4 is 0 Å². The van der Waals surface area contributed by atoms with Crippen molar-refractivity contribution >= 4 is 5.97 Å². The van der Waals surface area contributed by atoms with Crippen molar-refractivity contribution in [1.82, 2.24) is 4.98 Å². The number of aromatic nitrogens is 1. The number of aliphatic hydroxyl groups excluding tert-OH is 1. The van der Waals surface area contributed by atoms with Gasteiger partial charge in [0, 0.05) is 11.6 Å². The third-order valence-electron chi connectivity index (χ3n) is 2.58. The highest BCUT2D eigenvalue weighted by Gasteiger charge is 2.36. The number of carbonyl (C=O) groups excluding carboxylic acids is 1. The van der Waals surface area contributed by atoms with Gasteiger partial charge in [-0.25, -0.2) is 9.78 Å². The Morgan fingerprint density at radius 3 is 2.62 bits per heavy atom. The minimum Gasteiger partial charge on any atom is -0.467 e. The van der Waals surface area contributed by atoms with Crippen molar-refractivity contribution in [2.24, 2.45) is 0 Å². The number of nitrogens with zero attached hydrogens (tertiary/aromatic N) is 1. The van der Waals surface area contributed by atoms with E-state index in [-0.39, 0.29) is 0 Å². The van der Waals surface area contributed by atoms with Crippen molar-refractivity contribution in [3.05, 3.63) is 29.8 Å². The highest BCUT2D eigenvalue weighted by atomic mass is 19.1. The summed E-state index contributed by atoms with van der Waals surface area (Å²) in [6, 6.07) is 2.66. The van der Waals surface area contributed by atoms with Crippen LogP contribution in [0.1, 0.15) is 19.4 Å². The van der Waals surface area contributed by atoms with Crippen LogP contribution >= 0.6 is 0 Å². The molecule has 1 rings (SSSR count). The van der Waals surface area contributed by atoms with Gasteiger partial charge in [-0.1, -0.05) is 19.9 Å². The molecule has 4 nitrogen and oxygen atoms in total. The minimum absolute atomic E-state index is 0.562. The van der Waals surface area contributed by atoms with E-state index in [1.54, 1.807) is 13.8 Å². The highest BCUT2D eigenvalue weighted by molar-refractivity contribution is 5.76. The van der Waals surface area contributed by atoms with E-state index in [0.717, 1.165) is 0 Å². The predicted octanol–water partition coefficient (Wildman–Crippen LogP) is 1.03. The molecule has 0 bridgehead atoms. The topological polar surface area (TPSA) is 59.4 Å². The maximum atomic E-state index is 12.6. The second-order valence-electron chi connectivity index (χ2n) is 4.02. The van der Waals surface area contributed by atoms with Crippen LogP contribution in [-0.2, 0) is 14.9 Å². The number of halogens is 1. The number of hydrogen-bond donors (Lipinski definition) is 1. The molecule has 0 fully saturated rings. The molecule has 0 aromatic carbocycles. The Morgan fingerprint density at radius 2 is 2.19 bits per heavy atom. The number of aliphatic hydroxyl groups is 1. The Hall–Kier alpha value is -1.49. The zero-order valence-electron chi connectivity index (χ0n) is 9.40. The van der Waals surface area contributed by atoms with E-state index in [2.05, 4.69) is 9.72 Å². The summed E-state index contributed by atoms with van der Waals surface area (Å²) in [4.78, 5) is 14.7. The number of rotatable bonds is 3.